The van der Waals surface area contributed by atoms with Gasteiger partial charge in [0, 0.05) is 31.9 Å². The number of nitrogens with zero attached hydrogens (tertiary/aromatic N) is 3. The molecule has 0 bridgehead atoms. The van der Waals surface area contributed by atoms with Crippen molar-refractivity contribution in [3.63, 3.8) is 0 Å². The first-order valence-corrected chi connectivity index (χ1v) is 6.64. The number of amides is 1. The predicted octanol–water partition coefficient (Wildman–Crippen LogP) is 1.83. The van der Waals surface area contributed by atoms with Crippen molar-refractivity contribution in [3.05, 3.63) is 40.8 Å². The van der Waals surface area contributed by atoms with E-state index in [1.807, 2.05) is 20.2 Å². The van der Waals surface area contributed by atoms with Crippen LogP contribution in [0.2, 0.25) is 5.02 Å². The van der Waals surface area contributed by atoms with E-state index in [-0.39, 0.29) is 11.6 Å². The molecule has 2 aromatic rings. The zero-order valence-electron chi connectivity index (χ0n) is 11.4. The number of carbonyl (C=O) groups excluding carboxylic acids is 1. The van der Waals surface area contributed by atoms with Crippen LogP contribution in [-0.2, 0) is 13.6 Å². The standard InChI is InChI=1S/C13H16ClN5O/c1-3-15-11-5-4-10(14)12(18-11)13(20)16-6-9-7-17-19(2)8-9/h4-5,7-8H,3,6H2,1-2H3,(H,15,18)(H,16,20). The molecule has 2 N–H and O–H groups in total. The summed E-state index contributed by atoms with van der Waals surface area (Å²) in [6.07, 6.45) is 3.54. The second-order valence-corrected chi connectivity index (χ2v) is 4.67. The number of halogens is 1. The maximum atomic E-state index is 12.1. The minimum Gasteiger partial charge on any atom is -0.370 e. The average Bonchev–Trinajstić information content (AvgIpc) is 2.84. The second-order valence-electron chi connectivity index (χ2n) is 4.26. The molecule has 0 spiro atoms. The summed E-state index contributed by atoms with van der Waals surface area (Å²) in [5.74, 6) is 0.321. The molecule has 0 aromatic carbocycles. The fourth-order valence-electron chi connectivity index (χ4n) is 1.71. The lowest BCUT2D eigenvalue weighted by Gasteiger charge is -2.08. The van der Waals surface area contributed by atoms with Gasteiger partial charge in [-0.25, -0.2) is 4.98 Å². The van der Waals surface area contributed by atoms with E-state index in [2.05, 4.69) is 20.7 Å². The molecule has 1 amide bonds. The summed E-state index contributed by atoms with van der Waals surface area (Å²) in [5.41, 5.74) is 1.13. The average molecular weight is 294 g/mol. The number of aryl methyl sites for hydroxylation is 1. The molecule has 2 heterocycles. The van der Waals surface area contributed by atoms with Crippen LogP contribution in [0, 0.1) is 0 Å². The van der Waals surface area contributed by atoms with Gasteiger partial charge in [0.2, 0.25) is 0 Å². The topological polar surface area (TPSA) is 71.8 Å². The number of aromatic nitrogens is 3. The minimum absolute atomic E-state index is 0.217. The molecule has 0 saturated carbocycles. The lowest BCUT2D eigenvalue weighted by Crippen LogP contribution is -2.24. The van der Waals surface area contributed by atoms with Gasteiger partial charge in [-0.15, -0.1) is 0 Å². The zero-order valence-corrected chi connectivity index (χ0v) is 12.1. The monoisotopic (exact) mass is 293 g/mol. The van der Waals surface area contributed by atoms with E-state index in [0.29, 0.717) is 17.4 Å². The summed E-state index contributed by atoms with van der Waals surface area (Å²) in [6, 6.07) is 3.40. The molecule has 0 atom stereocenters. The van der Waals surface area contributed by atoms with Crippen molar-refractivity contribution in [2.45, 2.75) is 13.5 Å². The van der Waals surface area contributed by atoms with Gasteiger partial charge < -0.3 is 10.6 Å². The van der Waals surface area contributed by atoms with Crippen molar-refractivity contribution >= 4 is 23.3 Å². The molecule has 0 unspecified atom stereocenters. The van der Waals surface area contributed by atoms with E-state index in [0.717, 1.165) is 12.1 Å². The van der Waals surface area contributed by atoms with Gasteiger partial charge in [0.15, 0.2) is 0 Å². The fraction of sp³-hybridized carbons (Fsp3) is 0.308. The van der Waals surface area contributed by atoms with Gasteiger partial charge in [0.1, 0.15) is 11.5 Å². The fourth-order valence-corrected chi connectivity index (χ4v) is 1.90. The van der Waals surface area contributed by atoms with Gasteiger partial charge in [0.25, 0.3) is 5.91 Å². The maximum absolute atomic E-state index is 12.1. The predicted molar refractivity (Wildman–Crippen MR) is 77.8 cm³/mol. The van der Waals surface area contributed by atoms with Gasteiger partial charge in [0.05, 0.1) is 11.2 Å². The molecule has 7 heteroatoms. The summed E-state index contributed by atoms with van der Waals surface area (Å²) in [5, 5.41) is 10.2. The number of rotatable bonds is 5. The van der Waals surface area contributed by atoms with Gasteiger partial charge in [-0.3, -0.25) is 9.48 Å². The van der Waals surface area contributed by atoms with Gasteiger partial charge >= 0.3 is 0 Å². The lowest BCUT2D eigenvalue weighted by molar-refractivity contribution is 0.0946. The van der Waals surface area contributed by atoms with Gasteiger partial charge in [-0.05, 0) is 19.1 Å². The quantitative estimate of drug-likeness (QED) is 0.882. The zero-order chi connectivity index (χ0) is 14.5. The summed E-state index contributed by atoms with van der Waals surface area (Å²) >= 11 is 6.01. The molecular formula is C13H16ClN5O. The Kier molecular flexibility index (Phi) is 4.57. The van der Waals surface area contributed by atoms with Crippen LogP contribution in [0.4, 0.5) is 5.82 Å². The van der Waals surface area contributed by atoms with E-state index in [9.17, 15) is 4.79 Å². The normalized spacial score (nSPS) is 10.3. The van der Waals surface area contributed by atoms with Crippen LogP contribution >= 0.6 is 11.6 Å². The summed E-state index contributed by atoms with van der Waals surface area (Å²) < 4.78 is 1.68. The minimum atomic E-state index is -0.307. The highest BCUT2D eigenvalue weighted by molar-refractivity contribution is 6.33. The van der Waals surface area contributed by atoms with Crippen LogP contribution in [0.5, 0.6) is 0 Å². The molecule has 0 aliphatic rings. The Labute approximate surface area is 122 Å². The molecule has 0 radical (unpaired) electrons. The van der Waals surface area contributed by atoms with E-state index >= 15 is 0 Å². The van der Waals surface area contributed by atoms with Crippen LogP contribution < -0.4 is 10.6 Å². The third-order valence-corrected chi connectivity index (χ3v) is 2.94. The number of pyridine rings is 1. The Bertz CT molecular complexity index is 611. The molecule has 0 fully saturated rings. The van der Waals surface area contributed by atoms with Gasteiger partial charge in [-0.2, -0.15) is 5.10 Å². The Morgan fingerprint density at radius 3 is 2.90 bits per heavy atom. The molecule has 6 nitrogen and oxygen atoms in total. The molecule has 0 saturated heterocycles. The van der Waals surface area contributed by atoms with E-state index < -0.39 is 0 Å². The van der Waals surface area contributed by atoms with Gasteiger partial charge in [-0.1, -0.05) is 11.6 Å². The van der Waals surface area contributed by atoms with Crippen molar-refractivity contribution in [1.29, 1.82) is 0 Å². The highest BCUT2D eigenvalue weighted by Crippen LogP contribution is 2.16. The number of carbonyl (C=O) groups is 1. The Morgan fingerprint density at radius 2 is 2.25 bits per heavy atom. The molecule has 2 rings (SSSR count). The molecule has 106 valence electrons. The Hall–Kier alpha value is -2.08. The number of hydrogen-bond acceptors (Lipinski definition) is 4. The van der Waals surface area contributed by atoms with Crippen LogP contribution in [0.1, 0.15) is 23.0 Å². The summed E-state index contributed by atoms with van der Waals surface area (Å²) in [7, 11) is 1.82. The van der Waals surface area contributed by atoms with Crippen LogP contribution in [0.3, 0.4) is 0 Å². The molecule has 20 heavy (non-hydrogen) atoms. The Morgan fingerprint density at radius 1 is 1.45 bits per heavy atom. The first-order valence-electron chi connectivity index (χ1n) is 6.26. The van der Waals surface area contributed by atoms with E-state index in [1.54, 1.807) is 23.0 Å². The number of nitrogens with one attached hydrogen (secondary N) is 2. The third kappa shape index (κ3) is 3.48. The Balaban J connectivity index is 2.06. The maximum Gasteiger partial charge on any atom is 0.271 e. The van der Waals surface area contributed by atoms with Crippen molar-refractivity contribution in [2.24, 2.45) is 7.05 Å². The third-order valence-electron chi connectivity index (χ3n) is 2.63. The van der Waals surface area contributed by atoms with Crippen LogP contribution in [-0.4, -0.2) is 27.2 Å². The smallest absolute Gasteiger partial charge is 0.271 e. The first-order chi connectivity index (χ1) is 9.60. The van der Waals surface area contributed by atoms with Crippen molar-refractivity contribution in [3.8, 4) is 0 Å². The van der Waals surface area contributed by atoms with Crippen LogP contribution in [0.15, 0.2) is 24.5 Å². The first kappa shape index (κ1) is 14.3. The largest absolute Gasteiger partial charge is 0.370 e. The highest BCUT2D eigenvalue weighted by atomic mass is 35.5. The van der Waals surface area contributed by atoms with Crippen molar-refractivity contribution < 1.29 is 4.79 Å². The number of hydrogen-bond donors (Lipinski definition) is 2. The molecule has 0 aliphatic carbocycles. The molecular weight excluding hydrogens is 278 g/mol. The number of anilines is 1. The van der Waals surface area contributed by atoms with E-state index in [1.165, 1.54) is 0 Å². The molecule has 0 aliphatic heterocycles. The van der Waals surface area contributed by atoms with Crippen molar-refractivity contribution in [2.75, 3.05) is 11.9 Å². The summed E-state index contributed by atoms with van der Waals surface area (Å²) in [6.45, 7) is 3.07. The van der Waals surface area contributed by atoms with Crippen LogP contribution in [0.25, 0.3) is 0 Å². The highest BCUT2D eigenvalue weighted by Gasteiger charge is 2.13. The summed E-state index contributed by atoms with van der Waals surface area (Å²) in [4.78, 5) is 16.3. The molecule has 2 aromatic heterocycles. The SMILES string of the molecule is CCNc1ccc(Cl)c(C(=O)NCc2cnn(C)c2)n1. The lowest BCUT2D eigenvalue weighted by atomic mass is 10.3. The second kappa shape index (κ2) is 6.38. The van der Waals surface area contributed by atoms with E-state index in [4.69, 9.17) is 11.6 Å². The van der Waals surface area contributed by atoms with Crippen molar-refractivity contribution in [1.82, 2.24) is 20.1 Å².